The molecule has 6 heteroatoms. The zero-order valence-corrected chi connectivity index (χ0v) is 11.0. The Balaban J connectivity index is 2.90. The van der Waals surface area contributed by atoms with Gasteiger partial charge in [0, 0.05) is 23.2 Å². The molecule has 0 atom stereocenters. The van der Waals surface area contributed by atoms with Crippen LogP contribution in [0.4, 0.5) is 19.3 Å². The van der Waals surface area contributed by atoms with Crippen LogP contribution in [0.25, 0.3) is 0 Å². The van der Waals surface area contributed by atoms with Crippen LogP contribution in [0.5, 0.6) is 0 Å². The number of hydrogen-bond acceptors (Lipinski definition) is 1. The molecule has 0 spiro atoms. The van der Waals surface area contributed by atoms with E-state index in [4.69, 9.17) is 0 Å². The van der Waals surface area contributed by atoms with E-state index in [-0.39, 0.29) is 11.7 Å². The summed E-state index contributed by atoms with van der Waals surface area (Å²) in [5.41, 5.74) is 0.268. The molecule has 0 aliphatic rings. The van der Waals surface area contributed by atoms with E-state index in [1.807, 2.05) is 29.5 Å². The molecule has 16 heavy (non-hydrogen) atoms. The number of benzene rings is 1. The Kier molecular flexibility index (Phi) is 4.45. The predicted octanol–water partition coefficient (Wildman–Crippen LogP) is 3.05. The summed E-state index contributed by atoms with van der Waals surface area (Å²) in [7, 11) is 1.61. The fraction of sp³-hybridized carbons (Fsp3) is 0.300. The average Bonchev–Trinajstić information content (AvgIpc) is 2.24. The molecule has 0 aromatic heterocycles. The van der Waals surface area contributed by atoms with Crippen LogP contribution in [0.1, 0.15) is 6.92 Å². The summed E-state index contributed by atoms with van der Waals surface area (Å²) in [4.78, 5) is 12.9. The molecule has 88 valence electrons. The Morgan fingerprint density at radius 2 is 2.00 bits per heavy atom. The van der Waals surface area contributed by atoms with E-state index in [0.29, 0.717) is 10.1 Å². The zero-order chi connectivity index (χ0) is 12.3. The normalized spacial score (nSPS) is 10.1. The van der Waals surface area contributed by atoms with Gasteiger partial charge in [-0.1, -0.05) is 0 Å². The highest BCUT2D eigenvalue weighted by Gasteiger charge is 2.12. The number of halogens is 3. The van der Waals surface area contributed by atoms with Crippen LogP contribution in [-0.2, 0) is 0 Å². The van der Waals surface area contributed by atoms with E-state index in [1.54, 1.807) is 7.05 Å². The van der Waals surface area contributed by atoms with E-state index in [2.05, 4.69) is 5.32 Å². The smallest absolute Gasteiger partial charge is 0.321 e. The van der Waals surface area contributed by atoms with Crippen molar-refractivity contribution in [3.8, 4) is 0 Å². The summed E-state index contributed by atoms with van der Waals surface area (Å²) in [6.45, 7) is 2.35. The minimum Gasteiger partial charge on any atom is -0.328 e. The number of amides is 2. The number of rotatable bonds is 2. The summed E-state index contributed by atoms with van der Waals surface area (Å²) < 4.78 is 26.2. The highest BCUT2D eigenvalue weighted by Crippen LogP contribution is 2.21. The molecule has 0 fully saturated rings. The van der Waals surface area contributed by atoms with Crippen LogP contribution in [0.2, 0.25) is 0 Å². The number of hydrogen-bond donors (Lipinski definition) is 1. The molecule has 0 bridgehead atoms. The molecule has 3 nitrogen and oxygen atoms in total. The molecular weight excluding hydrogens is 329 g/mol. The van der Waals surface area contributed by atoms with Gasteiger partial charge in [-0.15, -0.1) is 0 Å². The fourth-order valence-corrected chi connectivity index (χ4v) is 1.54. The third-order valence-corrected chi connectivity index (χ3v) is 2.97. The first-order valence-corrected chi connectivity index (χ1v) is 5.70. The largest absolute Gasteiger partial charge is 0.328 e. The SMILES string of the molecule is CCN(C)C(=O)Nc1cc(F)c(F)cc1I. The third kappa shape index (κ3) is 3.03. The van der Waals surface area contributed by atoms with Gasteiger partial charge in [-0.25, -0.2) is 13.6 Å². The second-order valence-electron chi connectivity index (χ2n) is 3.19. The van der Waals surface area contributed by atoms with Crippen molar-refractivity contribution in [1.29, 1.82) is 0 Å². The van der Waals surface area contributed by atoms with Crippen molar-refractivity contribution < 1.29 is 13.6 Å². The van der Waals surface area contributed by atoms with E-state index in [0.717, 1.165) is 12.1 Å². The standard InChI is InChI=1S/C10H11F2IN2O/c1-3-15(2)10(16)14-9-5-7(12)6(11)4-8(9)13/h4-5H,3H2,1-2H3,(H,14,16). The molecule has 1 aromatic rings. The molecule has 0 heterocycles. The van der Waals surface area contributed by atoms with Gasteiger partial charge in [-0.05, 0) is 35.6 Å². The van der Waals surface area contributed by atoms with Crippen LogP contribution in [0.15, 0.2) is 12.1 Å². The predicted molar refractivity (Wildman–Crippen MR) is 66.4 cm³/mol. The minimum atomic E-state index is -0.977. The first kappa shape index (κ1) is 13.1. The van der Waals surface area contributed by atoms with Crippen molar-refractivity contribution in [1.82, 2.24) is 4.90 Å². The first-order chi connectivity index (χ1) is 7.45. The molecule has 0 unspecified atom stereocenters. The lowest BCUT2D eigenvalue weighted by molar-refractivity contribution is 0.224. The van der Waals surface area contributed by atoms with E-state index in [9.17, 15) is 13.6 Å². The Morgan fingerprint density at radius 1 is 1.44 bits per heavy atom. The van der Waals surface area contributed by atoms with Gasteiger partial charge in [-0.2, -0.15) is 0 Å². The number of carbonyl (C=O) groups is 1. The van der Waals surface area contributed by atoms with Gasteiger partial charge in [0.15, 0.2) is 11.6 Å². The molecule has 0 saturated heterocycles. The summed E-state index contributed by atoms with van der Waals surface area (Å²) in [6, 6.07) is 1.65. The van der Waals surface area contributed by atoms with Gasteiger partial charge >= 0.3 is 6.03 Å². The van der Waals surface area contributed by atoms with Gasteiger partial charge in [0.25, 0.3) is 0 Å². The summed E-state index contributed by atoms with van der Waals surface area (Å²) >= 11 is 1.83. The summed E-state index contributed by atoms with van der Waals surface area (Å²) in [6.07, 6.45) is 0. The van der Waals surface area contributed by atoms with Crippen molar-refractivity contribution >= 4 is 34.3 Å². The van der Waals surface area contributed by atoms with E-state index in [1.165, 1.54) is 4.90 Å². The lowest BCUT2D eigenvalue weighted by Crippen LogP contribution is -2.31. The molecule has 1 aromatic carbocycles. The Morgan fingerprint density at radius 3 is 2.56 bits per heavy atom. The average molecular weight is 340 g/mol. The highest BCUT2D eigenvalue weighted by atomic mass is 127. The maximum atomic E-state index is 12.9. The lowest BCUT2D eigenvalue weighted by Gasteiger charge is -2.16. The van der Waals surface area contributed by atoms with Crippen LogP contribution in [-0.4, -0.2) is 24.5 Å². The van der Waals surface area contributed by atoms with Crippen LogP contribution in [0, 0.1) is 15.2 Å². The third-order valence-electron chi connectivity index (χ3n) is 2.07. The number of urea groups is 1. The van der Waals surface area contributed by atoms with E-state index >= 15 is 0 Å². The number of nitrogens with zero attached hydrogens (tertiary/aromatic N) is 1. The first-order valence-electron chi connectivity index (χ1n) is 4.62. The lowest BCUT2D eigenvalue weighted by atomic mass is 10.3. The molecule has 1 N–H and O–H groups in total. The second-order valence-corrected chi connectivity index (χ2v) is 4.35. The molecule has 2 amide bonds. The maximum Gasteiger partial charge on any atom is 0.321 e. The van der Waals surface area contributed by atoms with Crippen LogP contribution >= 0.6 is 22.6 Å². The van der Waals surface area contributed by atoms with Crippen molar-refractivity contribution in [3.63, 3.8) is 0 Å². The van der Waals surface area contributed by atoms with Crippen molar-refractivity contribution in [3.05, 3.63) is 27.3 Å². The van der Waals surface area contributed by atoms with Crippen LogP contribution in [0.3, 0.4) is 0 Å². The topological polar surface area (TPSA) is 32.3 Å². The molecular formula is C10H11F2IN2O. The number of anilines is 1. The number of carbonyl (C=O) groups excluding carboxylic acids is 1. The van der Waals surface area contributed by atoms with Crippen molar-refractivity contribution in [2.24, 2.45) is 0 Å². The zero-order valence-electron chi connectivity index (χ0n) is 8.85. The summed E-state index contributed by atoms with van der Waals surface area (Å²) in [5.74, 6) is -1.90. The molecule has 0 saturated carbocycles. The fourth-order valence-electron chi connectivity index (χ4n) is 0.973. The molecule has 1 rings (SSSR count). The minimum absolute atomic E-state index is 0.268. The summed E-state index contributed by atoms with van der Waals surface area (Å²) in [5, 5.41) is 2.50. The Hall–Kier alpha value is -0.920. The Bertz CT molecular complexity index is 412. The quantitative estimate of drug-likeness (QED) is 0.651. The second kappa shape index (κ2) is 5.42. The highest BCUT2D eigenvalue weighted by molar-refractivity contribution is 14.1. The van der Waals surface area contributed by atoms with Gasteiger partial charge < -0.3 is 10.2 Å². The molecule has 0 aliphatic carbocycles. The van der Waals surface area contributed by atoms with Gasteiger partial charge in [0.2, 0.25) is 0 Å². The van der Waals surface area contributed by atoms with Crippen molar-refractivity contribution in [2.75, 3.05) is 18.9 Å². The van der Waals surface area contributed by atoms with Crippen LogP contribution < -0.4 is 5.32 Å². The van der Waals surface area contributed by atoms with Crippen molar-refractivity contribution in [2.45, 2.75) is 6.92 Å². The Labute approximate surface area is 106 Å². The van der Waals surface area contributed by atoms with Gasteiger partial charge in [0.05, 0.1) is 5.69 Å². The van der Waals surface area contributed by atoms with E-state index < -0.39 is 11.6 Å². The molecule has 0 aliphatic heterocycles. The van der Waals surface area contributed by atoms with Gasteiger partial charge in [0.1, 0.15) is 0 Å². The van der Waals surface area contributed by atoms with Gasteiger partial charge in [-0.3, -0.25) is 0 Å². The maximum absolute atomic E-state index is 12.9. The molecule has 0 radical (unpaired) electrons. The number of nitrogens with one attached hydrogen (secondary N) is 1. The monoisotopic (exact) mass is 340 g/mol.